The molecule has 0 saturated carbocycles. The highest BCUT2D eigenvalue weighted by Gasteiger charge is 2.09. The van der Waals surface area contributed by atoms with Crippen LogP contribution in [0.15, 0.2) is 16.5 Å². The van der Waals surface area contributed by atoms with Gasteiger partial charge in [-0.25, -0.2) is 0 Å². The summed E-state index contributed by atoms with van der Waals surface area (Å²) in [6.45, 7) is 7.06. The molecule has 0 aliphatic rings. The number of furan rings is 1. The van der Waals surface area contributed by atoms with Crippen molar-refractivity contribution in [2.45, 2.75) is 32.9 Å². The minimum absolute atomic E-state index is 0.167. The molecule has 1 atom stereocenters. The van der Waals surface area contributed by atoms with E-state index in [2.05, 4.69) is 11.9 Å². The van der Waals surface area contributed by atoms with Crippen LogP contribution < -0.4 is 5.73 Å². The van der Waals surface area contributed by atoms with Gasteiger partial charge in [0.15, 0.2) is 0 Å². The van der Waals surface area contributed by atoms with E-state index in [0.717, 1.165) is 37.6 Å². The number of rotatable bonds is 8. The Morgan fingerprint density at radius 2 is 2.24 bits per heavy atom. The molecule has 1 unspecified atom stereocenters. The number of nitrogens with zero attached hydrogens (tertiary/aromatic N) is 1. The van der Waals surface area contributed by atoms with Crippen LogP contribution in [0, 0.1) is 6.92 Å². The van der Waals surface area contributed by atoms with E-state index in [1.165, 1.54) is 0 Å². The van der Waals surface area contributed by atoms with Gasteiger partial charge in [0.2, 0.25) is 0 Å². The van der Waals surface area contributed by atoms with Crippen LogP contribution in [-0.2, 0) is 11.3 Å². The van der Waals surface area contributed by atoms with Crippen LogP contribution in [-0.4, -0.2) is 37.7 Å². The van der Waals surface area contributed by atoms with Gasteiger partial charge in [-0.15, -0.1) is 0 Å². The molecule has 4 nitrogen and oxygen atoms in total. The van der Waals surface area contributed by atoms with Crippen molar-refractivity contribution in [3.63, 3.8) is 0 Å². The molecule has 98 valence electrons. The van der Waals surface area contributed by atoms with E-state index in [1.807, 2.05) is 26.0 Å². The summed E-state index contributed by atoms with van der Waals surface area (Å²) in [5.41, 5.74) is 5.64. The third-order valence-electron chi connectivity index (χ3n) is 2.72. The van der Waals surface area contributed by atoms with E-state index in [-0.39, 0.29) is 6.10 Å². The Hall–Kier alpha value is -0.840. The molecule has 0 aliphatic heterocycles. The molecule has 17 heavy (non-hydrogen) atoms. The van der Waals surface area contributed by atoms with E-state index >= 15 is 0 Å². The SMILES string of the molecule is CCOC(CN)CCN(C)Cc1ccc(C)o1. The molecule has 0 bridgehead atoms. The molecule has 1 aromatic rings. The third kappa shape index (κ3) is 5.35. The molecule has 0 saturated heterocycles. The average Bonchev–Trinajstić information content (AvgIpc) is 2.70. The smallest absolute Gasteiger partial charge is 0.118 e. The third-order valence-corrected chi connectivity index (χ3v) is 2.72. The number of aryl methyl sites for hydroxylation is 1. The predicted octanol–water partition coefficient (Wildman–Crippen LogP) is 1.77. The van der Waals surface area contributed by atoms with E-state index < -0.39 is 0 Å². The summed E-state index contributed by atoms with van der Waals surface area (Å²) in [5, 5.41) is 0. The Labute approximate surface area is 104 Å². The maximum atomic E-state index is 5.64. The second-order valence-corrected chi connectivity index (χ2v) is 4.35. The highest BCUT2D eigenvalue weighted by Crippen LogP contribution is 2.09. The molecule has 0 aromatic carbocycles. The molecule has 0 radical (unpaired) electrons. The van der Waals surface area contributed by atoms with Gasteiger partial charge in [-0.3, -0.25) is 4.90 Å². The Kier molecular flexibility index (Phi) is 6.26. The molecule has 1 rings (SSSR count). The lowest BCUT2D eigenvalue weighted by Gasteiger charge is -2.19. The topological polar surface area (TPSA) is 51.6 Å². The van der Waals surface area contributed by atoms with Crippen LogP contribution in [0.1, 0.15) is 24.9 Å². The van der Waals surface area contributed by atoms with Crippen LogP contribution >= 0.6 is 0 Å². The van der Waals surface area contributed by atoms with Crippen molar-refractivity contribution in [3.05, 3.63) is 23.7 Å². The summed E-state index contributed by atoms with van der Waals surface area (Å²) >= 11 is 0. The first kappa shape index (κ1) is 14.2. The number of ether oxygens (including phenoxy) is 1. The Balaban J connectivity index is 2.26. The lowest BCUT2D eigenvalue weighted by atomic mass is 10.2. The fourth-order valence-electron chi connectivity index (χ4n) is 1.78. The van der Waals surface area contributed by atoms with Crippen molar-refractivity contribution in [3.8, 4) is 0 Å². The monoisotopic (exact) mass is 240 g/mol. The van der Waals surface area contributed by atoms with Crippen LogP contribution in [0.2, 0.25) is 0 Å². The number of hydrogen-bond donors (Lipinski definition) is 1. The number of hydrogen-bond acceptors (Lipinski definition) is 4. The van der Waals surface area contributed by atoms with Crippen molar-refractivity contribution in [2.24, 2.45) is 5.73 Å². The summed E-state index contributed by atoms with van der Waals surface area (Å²) in [6.07, 6.45) is 1.13. The lowest BCUT2D eigenvalue weighted by molar-refractivity contribution is 0.0554. The van der Waals surface area contributed by atoms with Gasteiger partial charge in [0.1, 0.15) is 11.5 Å². The maximum Gasteiger partial charge on any atom is 0.118 e. The van der Waals surface area contributed by atoms with Crippen LogP contribution in [0.3, 0.4) is 0 Å². The summed E-state index contributed by atoms with van der Waals surface area (Å²) in [6, 6.07) is 4.01. The van der Waals surface area contributed by atoms with Crippen LogP contribution in [0.5, 0.6) is 0 Å². The van der Waals surface area contributed by atoms with Crippen LogP contribution in [0.4, 0.5) is 0 Å². The summed E-state index contributed by atoms with van der Waals surface area (Å²) in [5.74, 6) is 1.97. The quantitative estimate of drug-likeness (QED) is 0.752. The van der Waals surface area contributed by atoms with Gasteiger partial charge in [0.05, 0.1) is 12.6 Å². The van der Waals surface area contributed by atoms with E-state index in [4.69, 9.17) is 14.9 Å². The second-order valence-electron chi connectivity index (χ2n) is 4.35. The minimum atomic E-state index is 0.167. The molecule has 1 aromatic heterocycles. The van der Waals surface area contributed by atoms with Gasteiger partial charge in [-0.2, -0.15) is 0 Å². The van der Waals surface area contributed by atoms with Crippen molar-refractivity contribution in [2.75, 3.05) is 26.7 Å². The van der Waals surface area contributed by atoms with Crippen molar-refractivity contribution in [1.29, 1.82) is 0 Å². The first-order chi connectivity index (χ1) is 8.15. The molecule has 2 N–H and O–H groups in total. The second kappa shape index (κ2) is 7.48. The van der Waals surface area contributed by atoms with Crippen LogP contribution in [0.25, 0.3) is 0 Å². The van der Waals surface area contributed by atoms with E-state index in [1.54, 1.807) is 0 Å². The zero-order valence-electron chi connectivity index (χ0n) is 11.1. The molecule has 0 spiro atoms. The van der Waals surface area contributed by atoms with Crippen molar-refractivity contribution >= 4 is 0 Å². The first-order valence-corrected chi connectivity index (χ1v) is 6.21. The fourth-order valence-corrected chi connectivity index (χ4v) is 1.78. The highest BCUT2D eigenvalue weighted by atomic mass is 16.5. The van der Waals surface area contributed by atoms with Gasteiger partial charge in [0.25, 0.3) is 0 Å². The lowest BCUT2D eigenvalue weighted by Crippen LogP contribution is -2.29. The Bertz CT molecular complexity index is 312. The van der Waals surface area contributed by atoms with E-state index in [0.29, 0.717) is 6.54 Å². The summed E-state index contributed by atoms with van der Waals surface area (Å²) in [7, 11) is 2.08. The zero-order chi connectivity index (χ0) is 12.7. The van der Waals surface area contributed by atoms with Gasteiger partial charge in [-0.05, 0) is 39.4 Å². The molecular weight excluding hydrogens is 216 g/mol. The molecular formula is C13H24N2O2. The van der Waals surface area contributed by atoms with Gasteiger partial charge < -0.3 is 14.9 Å². The molecule has 0 fully saturated rings. The predicted molar refractivity (Wildman–Crippen MR) is 68.9 cm³/mol. The number of nitrogens with two attached hydrogens (primary N) is 1. The molecule has 0 aliphatic carbocycles. The fraction of sp³-hybridized carbons (Fsp3) is 0.692. The van der Waals surface area contributed by atoms with Gasteiger partial charge >= 0.3 is 0 Å². The van der Waals surface area contributed by atoms with Crippen molar-refractivity contribution in [1.82, 2.24) is 4.90 Å². The molecule has 0 amide bonds. The average molecular weight is 240 g/mol. The largest absolute Gasteiger partial charge is 0.465 e. The zero-order valence-corrected chi connectivity index (χ0v) is 11.1. The molecule has 4 heteroatoms. The Morgan fingerprint density at radius 1 is 1.47 bits per heavy atom. The van der Waals surface area contributed by atoms with Gasteiger partial charge in [0, 0.05) is 19.7 Å². The summed E-state index contributed by atoms with van der Waals surface area (Å²) in [4.78, 5) is 2.22. The highest BCUT2D eigenvalue weighted by molar-refractivity contribution is 5.05. The first-order valence-electron chi connectivity index (χ1n) is 6.21. The van der Waals surface area contributed by atoms with Gasteiger partial charge in [-0.1, -0.05) is 0 Å². The van der Waals surface area contributed by atoms with E-state index in [9.17, 15) is 0 Å². The standard InChI is InChI=1S/C13H24N2O2/c1-4-16-12(9-14)7-8-15(3)10-13-6-5-11(2)17-13/h5-6,12H,4,7-10,14H2,1-3H3. The minimum Gasteiger partial charge on any atom is -0.465 e. The van der Waals surface area contributed by atoms with Crippen molar-refractivity contribution < 1.29 is 9.15 Å². The maximum absolute atomic E-state index is 5.64. The summed E-state index contributed by atoms with van der Waals surface area (Å²) < 4.78 is 11.1. The normalized spacial score (nSPS) is 13.2. The Morgan fingerprint density at radius 3 is 2.76 bits per heavy atom. The molecule has 1 heterocycles.